The van der Waals surface area contributed by atoms with Crippen molar-refractivity contribution in [1.29, 1.82) is 15.8 Å². The first-order valence-electron chi connectivity index (χ1n) is 9.67. The molecule has 1 aliphatic rings. The highest BCUT2D eigenvalue weighted by Crippen LogP contribution is 2.40. The van der Waals surface area contributed by atoms with Crippen molar-refractivity contribution in [2.45, 2.75) is 31.7 Å². The third-order valence-electron chi connectivity index (χ3n) is 4.76. The molecular weight excluding hydrogens is 394 g/mol. The summed E-state index contributed by atoms with van der Waals surface area (Å²) in [5.41, 5.74) is 13.7. The fraction of sp³-hybridized carbons (Fsp3) is 0.286. The second-order valence-corrected chi connectivity index (χ2v) is 6.79. The van der Waals surface area contributed by atoms with Crippen LogP contribution in [0.1, 0.15) is 48.4 Å². The lowest BCUT2D eigenvalue weighted by molar-refractivity contribution is 0.305. The molecule has 156 valence electrons. The first kappa shape index (κ1) is 21.2. The molecule has 1 aromatic carbocycles. The van der Waals surface area contributed by atoms with Gasteiger partial charge in [-0.1, -0.05) is 12.1 Å². The van der Waals surface area contributed by atoms with E-state index in [1.165, 1.54) is 0 Å². The van der Waals surface area contributed by atoms with Gasteiger partial charge in [0.05, 0.1) is 18.4 Å². The van der Waals surface area contributed by atoms with Crippen LogP contribution >= 0.6 is 0 Å². The Bertz CT molecular complexity index is 1100. The normalized spacial score (nSPS) is 14.1. The lowest BCUT2D eigenvalue weighted by Crippen LogP contribution is -2.32. The van der Waals surface area contributed by atoms with E-state index in [1.807, 2.05) is 36.5 Å². The number of pyridine rings is 1. The molecule has 0 fully saturated rings. The van der Waals surface area contributed by atoms with E-state index in [4.69, 9.17) is 26.7 Å². The maximum atomic E-state index is 9.39. The van der Waals surface area contributed by atoms with Crippen LogP contribution in [0, 0.1) is 34.1 Å². The van der Waals surface area contributed by atoms with Crippen LogP contribution in [0.5, 0.6) is 5.75 Å². The average molecular weight is 415 g/mol. The van der Waals surface area contributed by atoms with Crippen molar-refractivity contribution in [3.05, 3.63) is 41.0 Å². The third-order valence-corrected chi connectivity index (χ3v) is 4.76. The van der Waals surface area contributed by atoms with E-state index in [2.05, 4.69) is 26.7 Å². The summed E-state index contributed by atoms with van der Waals surface area (Å²) in [6.45, 7) is 0.566. The Morgan fingerprint density at radius 1 is 1.10 bits per heavy atom. The van der Waals surface area contributed by atoms with Gasteiger partial charge in [-0.05, 0) is 37.0 Å². The number of ether oxygens (including phenoxy) is 1. The number of rotatable bonds is 7. The minimum Gasteiger partial charge on any atom is -0.494 e. The smallest absolute Gasteiger partial charge is 0.211 e. The van der Waals surface area contributed by atoms with Gasteiger partial charge in [0.15, 0.2) is 6.19 Å². The number of nitrogen functional groups attached to an aromatic ring is 2. The molecule has 0 radical (unpaired) electrons. The molecule has 0 spiro atoms. The Balaban J connectivity index is 1.84. The average Bonchev–Trinajstić information content (AvgIpc) is 2.76. The number of unbranched alkanes of at least 4 members (excludes halogenated alkanes) is 3. The molecule has 0 aliphatic carbocycles. The van der Waals surface area contributed by atoms with Crippen LogP contribution in [0.15, 0.2) is 29.3 Å². The van der Waals surface area contributed by atoms with Crippen molar-refractivity contribution in [3.63, 3.8) is 0 Å². The maximum absolute atomic E-state index is 9.39. The van der Waals surface area contributed by atoms with Crippen LogP contribution in [0.3, 0.4) is 0 Å². The topological polar surface area (TPSA) is 182 Å². The van der Waals surface area contributed by atoms with Crippen molar-refractivity contribution < 1.29 is 4.74 Å². The van der Waals surface area contributed by atoms with E-state index < -0.39 is 6.04 Å². The maximum Gasteiger partial charge on any atom is 0.211 e. The molecule has 1 atom stereocenters. The number of nitrogens with zero attached hydrogens (tertiary/aromatic N) is 5. The van der Waals surface area contributed by atoms with Gasteiger partial charge in [-0.2, -0.15) is 15.8 Å². The highest BCUT2D eigenvalue weighted by atomic mass is 16.5. The van der Waals surface area contributed by atoms with Gasteiger partial charge in [-0.3, -0.25) is 5.32 Å². The monoisotopic (exact) mass is 415 g/mol. The number of anilines is 3. The zero-order valence-electron chi connectivity index (χ0n) is 16.7. The van der Waals surface area contributed by atoms with E-state index >= 15 is 0 Å². The van der Waals surface area contributed by atoms with Gasteiger partial charge in [-0.25, -0.2) is 9.98 Å². The molecule has 2 aromatic rings. The molecule has 2 heterocycles. The zero-order chi connectivity index (χ0) is 22.2. The van der Waals surface area contributed by atoms with Crippen LogP contribution in [-0.4, -0.2) is 17.6 Å². The number of fused-ring (bicyclic) bond motifs is 1. The summed E-state index contributed by atoms with van der Waals surface area (Å²) in [7, 11) is 0. The van der Waals surface area contributed by atoms with Crippen LogP contribution in [-0.2, 0) is 0 Å². The van der Waals surface area contributed by atoms with E-state index in [0.29, 0.717) is 30.2 Å². The molecule has 10 nitrogen and oxygen atoms in total. The number of hydrogen-bond donors (Lipinski definition) is 4. The first-order chi connectivity index (χ1) is 15.1. The van der Waals surface area contributed by atoms with E-state index in [9.17, 15) is 5.26 Å². The first-order valence-corrected chi connectivity index (χ1v) is 9.67. The second-order valence-electron chi connectivity index (χ2n) is 6.79. The molecule has 6 N–H and O–H groups in total. The Morgan fingerprint density at radius 3 is 2.55 bits per heavy atom. The Labute approximate surface area is 179 Å². The zero-order valence-corrected chi connectivity index (χ0v) is 16.7. The molecule has 0 bridgehead atoms. The summed E-state index contributed by atoms with van der Waals surface area (Å²) in [5, 5.41) is 32.3. The van der Waals surface area contributed by atoms with Gasteiger partial charge in [0.1, 0.15) is 35.1 Å². The molecule has 1 aliphatic heterocycles. The lowest BCUT2D eigenvalue weighted by Gasteiger charge is -2.26. The van der Waals surface area contributed by atoms with Crippen LogP contribution in [0.2, 0.25) is 0 Å². The van der Waals surface area contributed by atoms with Gasteiger partial charge in [0.25, 0.3) is 0 Å². The minimum absolute atomic E-state index is 0.00160. The number of guanidine groups is 1. The molecule has 10 heteroatoms. The van der Waals surface area contributed by atoms with E-state index in [1.54, 1.807) is 0 Å². The number of benzene rings is 1. The minimum atomic E-state index is -0.590. The van der Waals surface area contributed by atoms with Gasteiger partial charge in [0, 0.05) is 12.0 Å². The summed E-state index contributed by atoms with van der Waals surface area (Å²) < 4.78 is 5.75. The van der Waals surface area contributed by atoms with Crippen molar-refractivity contribution in [1.82, 2.24) is 10.3 Å². The lowest BCUT2D eigenvalue weighted by atomic mass is 9.95. The number of nitrogens with two attached hydrogens (primary N) is 2. The summed E-state index contributed by atoms with van der Waals surface area (Å²) in [5.74, 6) is 1.25. The standard InChI is InChI=1S/C21H21N9O/c22-9-3-1-2-4-10-31-14-7-5-13(6-8-14)18-16-17(25)15(11-23)19(26)29-20(16)30-21(28-18)27-12-24/h5-8,18H,1-4,10H2,(H6,25,26,27,28,29,30). The van der Waals surface area contributed by atoms with Crippen molar-refractivity contribution in [2.24, 2.45) is 4.99 Å². The fourth-order valence-electron chi connectivity index (χ4n) is 3.24. The van der Waals surface area contributed by atoms with E-state index in [-0.39, 0.29) is 23.0 Å². The molecule has 3 rings (SSSR count). The summed E-state index contributed by atoms with van der Waals surface area (Å²) in [4.78, 5) is 8.75. The fourth-order valence-corrected chi connectivity index (χ4v) is 3.24. The summed E-state index contributed by atoms with van der Waals surface area (Å²) >= 11 is 0. The number of hydrogen-bond acceptors (Lipinski definition) is 10. The highest BCUT2D eigenvalue weighted by Gasteiger charge is 2.29. The molecule has 0 saturated heterocycles. The summed E-state index contributed by atoms with van der Waals surface area (Å²) in [6.07, 6.45) is 5.07. The Kier molecular flexibility index (Phi) is 6.72. The molecule has 1 unspecified atom stereocenters. The van der Waals surface area contributed by atoms with Crippen molar-refractivity contribution >= 4 is 23.3 Å². The molecule has 1 aromatic heterocycles. The van der Waals surface area contributed by atoms with E-state index in [0.717, 1.165) is 24.8 Å². The van der Waals surface area contributed by atoms with Gasteiger partial charge in [0.2, 0.25) is 5.96 Å². The number of nitriles is 3. The SMILES string of the molecule is N#CCCCCCOc1ccc(C2N=C(NC#N)Nc3nc(N)c(C#N)c(N)c32)cc1. The van der Waals surface area contributed by atoms with Gasteiger partial charge in [-0.15, -0.1) is 0 Å². The molecule has 31 heavy (non-hydrogen) atoms. The highest BCUT2D eigenvalue weighted by molar-refractivity contribution is 5.98. The van der Waals surface area contributed by atoms with Gasteiger partial charge < -0.3 is 21.5 Å². The number of nitrogens with one attached hydrogen (secondary N) is 2. The van der Waals surface area contributed by atoms with Crippen LogP contribution in [0.25, 0.3) is 0 Å². The Morgan fingerprint density at radius 2 is 1.87 bits per heavy atom. The third kappa shape index (κ3) is 4.75. The van der Waals surface area contributed by atoms with Crippen LogP contribution in [0.4, 0.5) is 17.3 Å². The predicted octanol–water partition coefficient (Wildman–Crippen LogP) is 2.52. The summed E-state index contributed by atoms with van der Waals surface area (Å²) in [6, 6.07) is 10.9. The number of aromatic nitrogens is 1. The van der Waals surface area contributed by atoms with Crippen molar-refractivity contribution in [2.75, 3.05) is 23.4 Å². The Hall–Kier alpha value is -4.49. The predicted molar refractivity (Wildman–Crippen MR) is 115 cm³/mol. The van der Waals surface area contributed by atoms with Crippen molar-refractivity contribution in [3.8, 4) is 24.1 Å². The number of aliphatic imine (C=N–C) groups is 1. The van der Waals surface area contributed by atoms with Gasteiger partial charge >= 0.3 is 0 Å². The second kappa shape index (κ2) is 9.82. The molecular formula is C21H21N9O. The quantitative estimate of drug-likeness (QED) is 0.300. The largest absolute Gasteiger partial charge is 0.494 e. The van der Waals surface area contributed by atoms with Crippen LogP contribution < -0.4 is 26.8 Å². The molecule has 0 amide bonds. The molecule has 0 saturated carbocycles.